The number of nitrogens with one attached hydrogen (secondary N) is 1. The number of methoxy groups -OCH3 is 1. The molecule has 8 heteroatoms. The summed E-state index contributed by atoms with van der Waals surface area (Å²) in [5.74, 6) is 0.0965. The molecule has 0 aliphatic carbocycles. The lowest BCUT2D eigenvalue weighted by molar-refractivity contribution is 0.0520. The second-order valence-corrected chi connectivity index (χ2v) is 4.58. The first-order valence-corrected chi connectivity index (χ1v) is 7.01. The average molecular weight is 313 g/mol. The molecule has 118 valence electrons. The molecular weight excluding hydrogens is 298 g/mol. The molecule has 0 unspecified atom stereocenters. The molecule has 0 amide bonds. The number of carbonyl (C=O) groups is 1. The number of rotatable bonds is 5. The maximum atomic E-state index is 12.1. The summed E-state index contributed by atoms with van der Waals surface area (Å²) in [6.45, 7) is 1.99. The Balaban J connectivity index is 2.16. The zero-order valence-corrected chi connectivity index (χ0v) is 12.7. The highest BCUT2D eigenvalue weighted by Gasteiger charge is 2.22. The quantitative estimate of drug-likeness (QED) is 0.722. The molecule has 3 rings (SSSR count). The van der Waals surface area contributed by atoms with Crippen LogP contribution in [0.15, 0.2) is 36.7 Å². The van der Waals surface area contributed by atoms with E-state index in [2.05, 4.69) is 20.5 Å². The van der Waals surface area contributed by atoms with Gasteiger partial charge in [-0.3, -0.25) is 0 Å². The van der Waals surface area contributed by atoms with Crippen molar-refractivity contribution >= 4 is 5.97 Å². The van der Waals surface area contributed by atoms with Gasteiger partial charge in [-0.25, -0.2) is 9.48 Å². The molecule has 0 bridgehead atoms. The maximum Gasteiger partial charge on any atom is 0.361 e. The van der Waals surface area contributed by atoms with Gasteiger partial charge in [0, 0.05) is 18.0 Å². The van der Waals surface area contributed by atoms with Crippen molar-refractivity contribution in [3.05, 3.63) is 42.4 Å². The third-order valence-corrected chi connectivity index (χ3v) is 3.23. The summed E-state index contributed by atoms with van der Waals surface area (Å²) in [5.41, 5.74) is 1.90. The highest BCUT2D eigenvalue weighted by atomic mass is 16.5. The largest absolute Gasteiger partial charge is 0.497 e. The van der Waals surface area contributed by atoms with Crippen molar-refractivity contribution in [1.82, 2.24) is 25.2 Å². The van der Waals surface area contributed by atoms with Crippen molar-refractivity contribution in [2.75, 3.05) is 13.7 Å². The molecular formula is C15H15N5O3. The van der Waals surface area contributed by atoms with Crippen LogP contribution in [0.3, 0.4) is 0 Å². The van der Waals surface area contributed by atoms with Crippen LogP contribution in [0, 0.1) is 0 Å². The zero-order valence-electron chi connectivity index (χ0n) is 12.7. The van der Waals surface area contributed by atoms with Crippen LogP contribution < -0.4 is 4.74 Å². The average Bonchev–Trinajstić information content (AvgIpc) is 3.26. The first-order chi connectivity index (χ1) is 11.2. The van der Waals surface area contributed by atoms with Gasteiger partial charge in [-0.2, -0.15) is 15.4 Å². The molecule has 0 aliphatic rings. The summed E-state index contributed by atoms with van der Waals surface area (Å²) in [7, 11) is 1.57. The molecule has 3 aromatic rings. The van der Waals surface area contributed by atoms with Gasteiger partial charge in [-0.1, -0.05) is 0 Å². The third-order valence-electron chi connectivity index (χ3n) is 3.23. The van der Waals surface area contributed by atoms with Gasteiger partial charge >= 0.3 is 5.97 Å². The highest BCUT2D eigenvalue weighted by molar-refractivity contribution is 5.95. The third kappa shape index (κ3) is 2.78. The second-order valence-electron chi connectivity index (χ2n) is 4.58. The van der Waals surface area contributed by atoms with Crippen molar-refractivity contribution in [2.24, 2.45) is 0 Å². The van der Waals surface area contributed by atoms with Gasteiger partial charge in [-0.05, 0) is 31.2 Å². The number of hydrogen-bond acceptors (Lipinski definition) is 6. The number of carbonyl (C=O) groups excluding carboxylic acids is 1. The van der Waals surface area contributed by atoms with Crippen molar-refractivity contribution in [2.45, 2.75) is 6.92 Å². The zero-order chi connectivity index (χ0) is 16.2. The van der Waals surface area contributed by atoms with Gasteiger partial charge in [-0.15, -0.1) is 5.10 Å². The summed E-state index contributed by atoms with van der Waals surface area (Å²) in [5, 5.41) is 14.7. The lowest BCUT2D eigenvalue weighted by atomic mass is 10.1. The van der Waals surface area contributed by atoms with Gasteiger partial charge in [0.15, 0.2) is 5.69 Å². The second kappa shape index (κ2) is 6.30. The molecule has 1 N–H and O–H groups in total. The molecule has 0 atom stereocenters. The van der Waals surface area contributed by atoms with Crippen LogP contribution in [0.25, 0.3) is 16.9 Å². The van der Waals surface area contributed by atoms with E-state index in [0.29, 0.717) is 17.0 Å². The first kappa shape index (κ1) is 14.8. The Morgan fingerprint density at radius 1 is 1.35 bits per heavy atom. The number of esters is 1. The fourth-order valence-electron chi connectivity index (χ4n) is 2.20. The van der Waals surface area contributed by atoms with E-state index in [1.54, 1.807) is 37.2 Å². The Bertz CT molecular complexity index is 810. The van der Waals surface area contributed by atoms with Gasteiger partial charge in [0.05, 0.1) is 19.4 Å². The van der Waals surface area contributed by atoms with E-state index < -0.39 is 5.97 Å². The SMILES string of the molecule is CCOC(=O)c1n[nH]nc1-c1cc(OC)ccc1-n1cccn1. The number of hydrogen-bond donors (Lipinski definition) is 1. The summed E-state index contributed by atoms with van der Waals surface area (Å²) in [6.07, 6.45) is 3.47. The fraction of sp³-hybridized carbons (Fsp3) is 0.200. The molecule has 0 radical (unpaired) electrons. The van der Waals surface area contributed by atoms with Crippen LogP contribution in [0.1, 0.15) is 17.4 Å². The Morgan fingerprint density at radius 2 is 2.22 bits per heavy atom. The van der Waals surface area contributed by atoms with Crippen LogP contribution in [-0.2, 0) is 4.74 Å². The van der Waals surface area contributed by atoms with E-state index in [-0.39, 0.29) is 12.3 Å². The van der Waals surface area contributed by atoms with Crippen molar-refractivity contribution in [3.63, 3.8) is 0 Å². The lowest BCUT2D eigenvalue weighted by Crippen LogP contribution is -2.08. The predicted molar refractivity (Wildman–Crippen MR) is 81.4 cm³/mol. The standard InChI is InChI=1S/C15H15N5O3/c1-3-23-15(21)14-13(17-19-18-14)11-9-10(22-2)5-6-12(11)20-8-4-7-16-20/h4-9H,3H2,1-2H3,(H,17,18,19). The topological polar surface area (TPSA) is 94.9 Å². The Labute approximate surface area is 132 Å². The van der Waals surface area contributed by atoms with Gasteiger partial charge in [0.1, 0.15) is 11.4 Å². The van der Waals surface area contributed by atoms with Crippen LogP contribution in [0.5, 0.6) is 5.75 Å². The summed E-state index contributed by atoms with van der Waals surface area (Å²) < 4.78 is 12.0. The Kier molecular flexibility index (Phi) is 4.05. The number of ether oxygens (including phenoxy) is 2. The normalized spacial score (nSPS) is 10.5. The summed E-state index contributed by atoms with van der Waals surface area (Å²) >= 11 is 0. The van der Waals surface area contributed by atoms with Gasteiger partial charge < -0.3 is 9.47 Å². The Hall–Kier alpha value is -3.16. The predicted octanol–water partition coefficient (Wildman–Crippen LogP) is 1.84. The molecule has 0 aliphatic heterocycles. The highest BCUT2D eigenvalue weighted by Crippen LogP contribution is 2.30. The van der Waals surface area contributed by atoms with Crippen LogP contribution in [-0.4, -0.2) is 44.9 Å². The van der Waals surface area contributed by atoms with Crippen molar-refractivity contribution in [3.8, 4) is 22.7 Å². The fourth-order valence-corrected chi connectivity index (χ4v) is 2.20. The minimum atomic E-state index is -0.537. The molecule has 1 aromatic carbocycles. The molecule has 0 spiro atoms. The van der Waals surface area contributed by atoms with Gasteiger partial charge in [0.2, 0.25) is 0 Å². The first-order valence-electron chi connectivity index (χ1n) is 7.01. The maximum absolute atomic E-state index is 12.1. The molecule has 0 fully saturated rings. The van der Waals surface area contributed by atoms with Crippen molar-refractivity contribution in [1.29, 1.82) is 0 Å². The number of aromatic amines is 1. The molecule has 23 heavy (non-hydrogen) atoms. The number of nitrogens with zero attached hydrogens (tertiary/aromatic N) is 4. The van der Waals surface area contributed by atoms with E-state index in [4.69, 9.17) is 9.47 Å². The van der Waals surface area contributed by atoms with E-state index in [1.165, 1.54) is 0 Å². The number of H-pyrrole nitrogens is 1. The molecule has 0 saturated carbocycles. The Morgan fingerprint density at radius 3 is 2.91 bits per heavy atom. The minimum absolute atomic E-state index is 0.119. The lowest BCUT2D eigenvalue weighted by Gasteiger charge is -2.10. The van der Waals surface area contributed by atoms with E-state index in [0.717, 1.165) is 5.69 Å². The molecule has 2 aromatic heterocycles. The summed E-state index contributed by atoms with van der Waals surface area (Å²) in [6, 6.07) is 7.23. The minimum Gasteiger partial charge on any atom is -0.497 e. The van der Waals surface area contributed by atoms with E-state index in [9.17, 15) is 4.79 Å². The molecule has 2 heterocycles. The molecule has 8 nitrogen and oxygen atoms in total. The van der Waals surface area contributed by atoms with Crippen molar-refractivity contribution < 1.29 is 14.3 Å². The van der Waals surface area contributed by atoms with Crippen LogP contribution in [0.2, 0.25) is 0 Å². The number of benzene rings is 1. The monoisotopic (exact) mass is 313 g/mol. The van der Waals surface area contributed by atoms with Crippen LogP contribution >= 0.6 is 0 Å². The van der Waals surface area contributed by atoms with E-state index in [1.807, 2.05) is 18.2 Å². The van der Waals surface area contributed by atoms with Gasteiger partial charge in [0.25, 0.3) is 0 Å². The smallest absolute Gasteiger partial charge is 0.361 e. The van der Waals surface area contributed by atoms with Crippen LogP contribution in [0.4, 0.5) is 0 Å². The number of aromatic nitrogens is 5. The molecule has 0 saturated heterocycles. The summed E-state index contributed by atoms with van der Waals surface area (Å²) in [4.78, 5) is 12.1. The van der Waals surface area contributed by atoms with E-state index >= 15 is 0 Å².